The van der Waals surface area contributed by atoms with Crippen molar-refractivity contribution in [2.75, 3.05) is 12.3 Å². The molecule has 4 rings (SSSR count). The van der Waals surface area contributed by atoms with E-state index in [4.69, 9.17) is 15.2 Å². The van der Waals surface area contributed by atoms with Gasteiger partial charge in [-0.1, -0.05) is 33.3 Å². The first-order valence-electron chi connectivity index (χ1n) is 13.6. The molecule has 2 aliphatic rings. The van der Waals surface area contributed by atoms with E-state index in [0.29, 0.717) is 40.1 Å². The summed E-state index contributed by atoms with van der Waals surface area (Å²) in [6.45, 7) is 8.51. The third-order valence-corrected chi connectivity index (χ3v) is 8.13. The minimum absolute atomic E-state index is 0.0135. The number of carbonyl (C=O) groups is 2. The number of ether oxygens (including phenoxy) is 2. The van der Waals surface area contributed by atoms with Gasteiger partial charge in [0.05, 0.1) is 34.5 Å². The van der Waals surface area contributed by atoms with Gasteiger partial charge in [0.2, 0.25) is 5.91 Å². The number of hydrogen-bond acceptors (Lipinski definition) is 6. The Balaban J connectivity index is 1.31. The number of carboxylic acids is 1. The van der Waals surface area contributed by atoms with Crippen LogP contribution in [0.2, 0.25) is 0 Å². The van der Waals surface area contributed by atoms with Crippen molar-refractivity contribution in [1.29, 1.82) is 0 Å². The molecule has 0 aliphatic heterocycles. The molecule has 0 unspecified atom stereocenters. The van der Waals surface area contributed by atoms with Gasteiger partial charge in [-0.25, -0.2) is 4.79 Å². The van der Waals surface area contributed by atoms with Crippen LogP contribution >= 0.6 is 0 Å². The zero-order valence-electron chi connectivity index (χ0n) is 22.5. The Hall–Kier alpha value is -2.87. The number of carboxylic acid groups (broad SMARTS) is 1. The van der Waals surface area contributed by atoms with Crippen molar-refractivity contribution in [1.82, 2.24) is 10.3 Å². The fourth-order valence-corrected chi connectivity index (χ4v) is 6.07. The molecule has 0 bridgehead atoms. The number of nitrogens with one attached hydrogen (secondary N) is 1. The van der Waals surface area contributed by atoms with Gasteiger partial charge in [-0.05, 0) is 75.3 Å². The molecule has 0 radical (unpaired) electrons. The molecular formula is C29H41N3O5. The Bertz CT molecular complexity index is 1130. The van der Waals surface area contributed by atoms with Crippen LogP contribution < -0.4 is 15.8 Å². The third kappa shape index (κ3) is 6.35. The Labute approximate surface area is 219 Å². The van der Waals surface area contributed by atoms with Crippen molar-refractivity contribution >= 4 is 28.5 Å². The molecule has 3 atom stereocenters. The number of benzene rings is 1. The van der Waals surface area contributed by atoms with E-state index in [1.165, 1.54) is 12.8 Å². The molecule has 2 saturated carbocycles. The van der Waals surface area contributed by atoms with E-state index in [2.05, 4.69) is 31.1 Å². The van der Waals surface area contributed by atoms with Crippen LogP contribution in [-0.4, -0.2) is 46.8 Å². The van der Waals surface area contributed by atoms with Crippen molar-refractivity contribution in [2.24, 2.45) is 17.8 Å². The number of nitrogen functional groups attached to an aromatic ring is 1. The minimum Gasteiger partial charge on any atom is -0.490 e. The van der Waals surface area contributed by atoms with Gasteiger partial charge in [0.15, 0.2) is 0 Å². The number of nitrogens with two attached hydrogens (primary N) is 1. The lowest BCUT2D eigenvalue weighted by atomic mass is 9.75. The van der Waals surface area contributed by atoms with Crippen LogP contribution in [0.3, 0.4) is 0 Å². The number of aromatic nitrogens is 1. The summed E-state index contributed by atoms with van der Waals surface area (Å²) < 4.78 is 12.4. The second-order valence-electron chi connectivity index (χ2n) is 11.3. The Morgan fingerprint density at radius 3 is 2.57 bits per heavy atom. The molecule has 8 nitrogen and oxygen atoms in total. The number of pyridine rings is 1. The first-order valence-corrected chi connectivity index (χ1v) is 13.6. The molecule has 202 valence electrons. The lowest BCUT2D eigenvalue weighted by Gasteiger charge is -2.37. The largest absolute Gasteiger partial charge is 0.490 e. The third-order valence-electron chi connectivity index (χ3n) is 8.13. The molecule has 37 heavy (non-hydrogen) atoms. The maximum Gasteiger partial charge on any atom is 0.339 e. The van der Waals surface area contributed by atoms with E-state index in [0.717, 1.165) is 32.1 Å². The summed E-state index contributed by atoms with van der Waals surface area (Å²) in [5.41, 5.74) is 7.45. The van der Waals surface area contributed by atoms with Gasteiger partial charge in [0.25, 0.3) is 0 Å². The van der Waals surface area contributed by atoms with E-state index in [-0.39, 0.29) is 42.0 Å². The van der Waals surface area contributed by atoms with Crippen LogP contribution in [0, 0.1) is 24.7 Å². The van der Waals surface area contributed by atoms with Crippen LogP contribution in [0.15, 0.2) is 18.2 Å². The quantitative estimate of drug-likeness (QED) is 0.450. The van der Waals surface area contributed by atoms with Crippen LogP contribution in [0.4, 0.5) is 5.69 Å². The molecule has 8 heteroatoms. The average molecular weight is 512 g/mol. The minimum atomic E-state index is -1.10. The van der Waals surface area contributed by atoms with Crippen molar-refractivity contribution in [3.63, 3.8) is 0 Å². The van der Waals surface area contributed by atoms with Gasteiger partial charge in [-0.15, -0.1) is 0 Å². The summed E-state index contributed by atoms with van der Waals surface area (Å²) in [4.78, 5) is 28.8. The predicted octanol–water partition coefficient (Wildman–Crippen LogP) is 5.11. The number of hydrogen-bond donors (Lipinski definition) is 3. The predicted molar refractivity (Wildman–Crippen MR) is 144 cm³/mol. The second-order valence-corrected chi connectivity index (χ2v) is 11.3. The average Bonchev–Trinajstić information content (AvgIpc) is 2.83. The highest BCUT2D eigenvalue weighted by Crippen LogP contribution is 2.36. The molecule has 0 spiro atoms. The van der Waals surface area contributed by atoms with Crippen LogP contribution in [0.25, 0.3) is 10.9 Å². The molecule has 2 aliphatic carbocycles. The number of anilines is 1. The van der Waals surface area contributed by atoms with E-state index < -0.39 is 5.97 Å². The summed E-state index contributed by atoms with van der Waals surface area (Å²) in [6, 6.07) is 5.56. The lowest BCUT2D eigenvalue weighted by Crippen LogP contribution is -2.43. The van der Waals surface area contributed by atoms with Crippen LogP contribution in [0.1, 0.15) is 81.8 Å². The highest BCUT2D eigenvalue weighted by molar-refractivity contribution is 6.06. The first-order chi connectivity index (χ1) is 17.6. The molecule has 4 N–H and O–H groups in total. The molecule has 1 amide bonds. The number of rotatable bonds is 8. The molecule has 2 aromatic rings. The zero-order valence-corrected chi connectivity index (χ0v) is 22.5. The Morgan fingerprint density at radius 1 is 1.16 bits per heavy atom. The normalized spacial score (nSPS) is 26.2. The second kappa shape index (κ2) is 11.7. The lowest BCUT2D eigenvalue weighted by molar-refractivity contribution is -0.132. The van der Waals surface area contributed by atoms with E-state index in [9.17, 15) is 14.7 Å². The monoisotopic (exact) mass is 511 g/mol. The Morgan fingerprint density at radius 2 is 1.89 bits per heavy atom. The van der Waals surface area contributed by atoms with Gasteiger partial charge in [-0.2, -0.15) is 0 Å². The van der Waals surface area contributed by atoms with E-state index >= 15 is 0 Å². The number of fused-ring (bicyclic) bond motifs is 1. The first kappa shape index (κ1) is 27.2. The standard InChI is InChI=1S/C29H41N3O5/c1-16(2)21-13-8-17(3)14-24(21)36-15-25(33)32-19-9-11-20(12-10-19)37-23-7-5-6-22-27(23)28(30)26(29(34)35)18(4)31-22/h5-7,16-17,19-21,24H,8-15H2,1-4H3,(H2,30,31)(H,32,33)(H,34,35)/t17-,19?,20?,21+,24-/m1/s1. The number of amides is 1. The maximum absolute atomic E-state index is 12.6. The van der Waals surface area contributed by atoms with Crippen molar-refractivity contribution < 1.29 is 24.2 Å². The highest BCUT2D eigenvalue weighted by atomic mass is 16.5. The maximum atomic E-state index is 12.6. The number of carbonyl (C=O) groups excluding carboxylic acids is 1. The summed E-state index contributed by atoms with van der Waals surface area (Å²) in [5.74, 6) is 1.12. The molecule has 2 fully saturated rings. The van der Waals surface area contributed by atoms with Crippen LogP contribution in [-0.2, 0) is 9.53 Å². The fraction of sp³-hybridized carbons (Fsp3) is 0.621. The number of nitrogens with zero attached hydrogens (tertiary/aromatic N) is 1. The summed E-state index contributed by atoms with van der Waals surface area (Å²) >= 11 is 0. The SMILES string of the molecule is Cc1nc2cccc(OC3CCC(NC(=O)CO[C@@H]4C[C@H](C)CC[C@H]4C(C)C)CC3)c2c(N)c1C(=O)O. The van der Waals surface area contributed by atoms with Gasteiger partial charge in [0, 0.05) is 6.04 Å². The fourth-order valence-electron chi connectivity index (χ4n) is 6.07. The van der Waals surface area contributed by atoms with Gasteiger partial charge in [0.1, 0.15) is 17.9 Å². The van der Waals surface area contributed by atoms with Gasteiger partial charge < -0.3 is 25.6 Å². The number of aryl methyl sites for hydroxylation is 1. The summed E-state index contributed by atoms with van der Waals surface area (Å²) in [6.07, 6.45) is 6.73. The van der Waals surface area contributed by atoms with Crippen LogP contribution in [0.5, 0.6) is 5.75 Å². The molecule has 1 heterocycles. The highest BCUT2D eigenvalue weighted by Gasteiger charge is 2.32. The van der Waals surface area contributed by atoms with Crippen molar-refractivity contribution in [2.45, 2.75) is 90.9 Å². The molecule has 1 aromatic carbocycles. The number of aromatic carboxylic acids is 1. The van der Waals surface area contributed by atoms with Gasteiger partial charge in [-0.3, -0.25) is 9.78 Å². The van der Waals surface area contributed by atoms with Gasteiger partial charge >= 0.3 is 5.97 Å². The van der Waals surface area contributed by atoms with Crippen molar-refractivity contribution in [3.05, 3.63) is 29.5 Å². The van der Waals surface area contributed by atoms with E-state index in [1.807, 2.05) is 18.2 Å². The summed E-state index contributed by atoms with van der Waals surface area (Å²) in [5, 5.41) is 13.3. The smallest absolute Gasteiger partial charge is 0.339 e. The topological polar surface area (TPSA) is 124 Å². The molecular weight excluding hydrogens is 470 g/mol. The molecule has 0 saturated heterocycles. The van der Waals surface area contributed by atoms with E-state index in [1.54, 1.807) is 6.92 Å². The van der Waals surface area contributed by atoms with Crippen molar-refractivity contribution in [3.8, 4) is 5.75 Å². The molecule has 1 aromatic heterocycles. The summed E-state index contributed by atoms with van der Waals surface area (Å²) in [7, 11) is 0. The Kier molecular flexibility index (Phi) is 8.57. The zero-order chi connectivity index (χ0) is 26.7.